The summed E-state index contributed by atoms with van der Waals surface area (Å²) < 4.78 is 9.93. The van der Waals surface area contributed by atoms with E-state index in [9.17, 15) is 19.2 Å². The molecule has 0 aromatic carbocycles. The molecule has 0 aliphatic carbocycles. The van der Waals surface area contributed by atoms with Gasteiger partial charge in [0.15, 0.2) is 5.78 Å². The van der Waals surface area contributed by atoms with Crippen LogP contribution in [0.1, 0.15) is 82.6 Å². The summed E-state index contributed by atoms with van der Waals surface area (Å²) in [6.07, 6.45) is -0.834. The first-order valence-corrected chi connectivity index (χ1v) is 9.87. The van der Waals surface area contributed by atoms with Gasteiger partial charge in [-0.25, -0.2) is 9.59 Å². The standard InChI is InChI=1S/C13H25NO3.C8H15NO4/c1-9(10(15)8-12(2,3)4)14-11(16)17-13(5,6)7;1-5(6(10)11)9-7(12)13-8(2,3)4/h9H,8H2,1-7H3,(H,14,16);5H,1-4H3,(H,9,12)(H,10,11)/t9-;5-/m00/s1. The molecular formula is C21H40N2O7. The highest BCUT2D eigenvalue weighted by atomic mass is 16.6. The van der Waals surface area contributed by atoms with E-state index >= 15 is 0 Å². The Morgan fingerprint density at radius 3 is 1.33 bits per heavy atom. The summed E-state index contributed by atoms with van der Waals surface area (Å²) >= 11 is 0. The Hall–Kier alpha value is -2.32. The van der Waals surface area contributed by atoms with E-state index < -0.39 is 41.4 Å². The third-order valence-electron chi connectivity index (χ3n) is 3.02. The molecule has 0 aliphatic rings. The quantitative estimate of drug-likeness (QED) is 0.600. The zero-order valence-electron chi connectivity index (χ0n) is 20.3. The van der Waals surface area contributed by atoms with Gasteiger partial charge in [-0.05, 0) is 60.8 Å². The number of rotatable bonds is 5. The van der Waals surface area contributed by atoms with Crippen LogP contribution in [0.3, 0.4) is 0 Å². The molecule has 9 nitrogen and oxygen atoms in total. The van der Waals surface area contributed by atoms with Crippen molar-refractivity contribution < 1.29 is 33.8 Å². The lowest BCUT2D eigenvalue weighted by Gasteiger charge is -2.23. The second-order valence-corrected chi connectivity index (χ2v) is 10.3. The zero-order valence-corrected chi connectivity index (χ0v) is 20.3. The van der Waals surface area contributed by atoms with Crippen molar-refractivity contribution in [3.8, 4) is 0 Å². The molecule has 9 heteroatoms. The minimum atomic E-state index is -1.09. The number of hydrogen-bond donors (Lipinski definition) is 3. The third kappa shape index (κ3) is 19.0. The Morgan fingerprint density at radius 1 is 0.733 bits per heavy atom. The van der Waals surface area contributed by atoms with E-state index in [-0.39, 0.29) is 11.2 Å². The van der Waals surface area contributed by atoms with E-state index in [0.29, 0.717) is 6.42 Å². The lowest BCUT2D eigenvalue weighted by Crippen LogP contribution is -2.42. The number of hydrogen-bond acceptors (Lipinski definition) is 6. The van der Waals surface area contributed by atoms with Crippen molar-refractivity contribution in [3.05, 3.63) is 0 Å². The Bertz CT molecular complexity index is 596. The first kappa shape index (κ1) is 29.9. The van der Waals surface area contributed by atoms with Crippen LogP contribution in [0, 0.1) is 5.41 Å². The molecule has 0 bridgehead atoms. The van der Waals surface area contributed by atoms with E-state index in [1.54, 1.807) is 48.5 Å². The fourth-order valence-corrected chi connectivity index (χ4v) is 1.79. The van der Waals surface area contributed by atoms with Crippen LogP contribution in [-0.4, -0.2) is 52.3 Å². The van der Waals surface area contributed by atoms with Crippen molar-refractivity contribution in [2.75, 3.05) is 0 Å². The first-order valence-electron chi connectivity index (χ1n) is 9.87. The van der Waals surface area contributed by atoms with Gasteiger partial charge in [0.2, 0.25) is 0 Å². The zero-order chi connectivity index (χ0) is 24.5. The van der Waals surface area contributed by atoms with E-state index in [0.717, 1.165) is 0 Å². The SMILES string of the molecule is C[C@H](NC(=O)OC(C)(C)C)C(=O)CC(C)(C)C.C[C@H](NC(=O)OC(C)(C)C)C(=O)O. The van der Waals surface area contributed by atoms with Gasteiger partial charge in [0.05, 0.1) is 6.04 Å². The van der Waals surface area contributed by atoms with Gasteiger partial charge in [0, 0.05) is 6.42 Å². The maximum atomic E-state index is 11.8. The fourth-order valence-electron chi connectivity index (χ4n) is 1.79. The molecule has 3 N–H and O–H groups in total. The highest BCUT2D eigenvalue weighted by Gasteiger charge is 2.24. The van der Waals surface area contributed by atoms with Crippen molar-refractivity contribution in [1.29, 1.82) is 0 Å². The smallest absolute Gasteiger partial charge is 0.408 e. The van der Waals surface area contributed by atoms with E-state index in [1.807, 2.05) is 20.8 Å². The van der Waals surface area contributed by atoms with Crippen LogP contribution < -0.4 is 10.6 Å². The molecule has 0 unspecified atom stereocenters. The van der Waals surface area contributed by atoms with Crippen molar-refractivity contribution in [2.45, 2.75) is 106 Å². The van der Waals surface area contributed by atoms with Crippen LogP contribution in [0.4, 0.5) is 9.59 Å². The highest BCUT2D eigenvalue weighted by molar-refractivity contribution is 5.87. The summed E-state index contributed by atoms with van der Waals surface area (Å²) in [6, 6.07) is -1.45. The van der Waals surface area contributed by atoms with Crippen LogP contribution >= 0.6 is 0 Å². The number of carboxylic acids is 1. The van der Waals surface area contributed by atoms with Crippen molar-refractivity contribution >= 4 is 23.9 Å². The number of amides is 2. The van der Waals surface area contributed by atoms with Crippen LogP contribution in [-0.2, 0) is 19.1 Å². The number of carbonyl (C=O) groups is 4. The van der Waals surface area contributed by atoms with Gasteiger partial charge in [-0.2, -0.15) is 0 Å². The Labute approximate surface area is 180 Å². The van der Waals surface area contributed by atoms with Gasteiger partial charge >= 0.3 is 18.2 Å². The van der Waals surface area contributed by atoms with Crippen molar-refractivity contribution in [3.63, 3.8) is 0 Å². The van der Waals surface area contributed by atoms with E-state index in [2.05, 4.69) is 10.6 Å². The third-order valence-corrected chi connectivity index (χ3v) is 3.02. The van der Waals surface area contributed by atoms with Crippen LogP contribution in [0.15, 0.2) is 0 Å². The predicted octanol–water partition coefficient (Wildman–Crippen LogP) is 3.89. The van der Waals surface area contributed by atoms with Gasteiger partial charge in [-0.3, -0.25) is 9.59 Å². The highest BCUT2D eigenvalue weighted by Crippen LogP contribution is 2.19. The molecule has 0 radical (unpaired) electrons. The van der Waals surface area contributed by atoms with Gasteiger partial charge in [-0.15, -0.1) is 0 Å². The number of carboxylic acid groups (broad SMARTS) is 1. The van der Waals surface area contributed by atoms with E-state index in [4.69, 9.17) is 14.6 Å². The monoisotopic (exact) mass is 432 g/mol. The number of Topliss-reactive ketones (excluding diaryl/α,β-unsaturated/α-hetero) is 1. The van der Waals surface area contributed by atoms with Crippen molar-refractivity contribution in [2.24, 2.45) is 5.41 Å². The average molecular weight is 433 g/mol. The molecule has 176 valence electrons. The van der Waals surface area contributed by atoms with Crippen LogP contribution in [0.5, 0.6) is 0 Å². The van der Waals surface area contributed by atoms with Crippen molar-refractivity contribution in [1.82, 2.24) is 10.6 Å². The minimum Gasteiger partial charge on any atom is -0.480 e. The molecule has 0 spiro atoms. The Balaban J connectivity index is 0. The fraction of sp³-hybridized carbons (Fsp3) is 0.810. The number of ketones is 1. The minimum absolute atomic E-state index is 0.0170. The Morgan fingerprint density at radius 2 is 1.07 bits per heavy atom. The number of nitrogens with one attached hydrogen (secondary N) is 2. The number of aliphatic carboxylic acids is 1. The van der Waals surface area contributed by atoms with E-state index in [1.165, 1.54) is 6.92 Å². The molecule has 0 aromatic heterocycles. The summed E-state index contributed by atoms with van der Waals surface area (Å²) in [5.41, 5.74) is -1.22. The lowest BCUT2D eigenvalue weighted by molar-refractivity contribution is -0.139. The summed E-state index contributed by atoms with van der Waals surface area (Å²) in [7, 11) is 0. The molecule has 0 heterocycles. The summed E-state index contributed by atoms with van der Waals surface area (Å²) in [5, 5.41) is 13.2. The second kappa shape index (κ2) is 11.8. The molecule has 0 rings (SSSR count). The van der Waals surface area contributed by atoms with Gasteiger partial charge in [-0.1, -0.05) is 20.8 Å². The molecule has 2 amide bonds. The maximum absolute atomic E-state index is 11.8. The number of ether oxygens (including phenoxy) is 2. The molecule has 0 aromatic rings. The first-order chi connectivity index (χ1) is 13.1. The number of carbonyl (C=O) groups excluding carboxylic acids is 3. The molecule has 0 saturated heterocycles. The van der Waals surface area contributed by atoms with Gasteiger partial charge in [0.1, 0.15) is 17.2 Å². The summed E-state index contributed by atoms with van der Waals surface area (Å²) in [6.45, 7) is 19.5. The number of alkyl carbamates (subject to hydrolysis) is 2. The maximum Gasteiger partial charge on any atom is 0.408 e. The lowest BCUT2D eigenvalue weighted by atomic mass is 9.88. The van der Waals surface area contributed by atoms with Gasteiger partial charge in [0.25, 0.3) is 0 Å². The van der Waals surface area contributed by atoms with Crippen LogP contribution in [0.25, 0.3) is 0 Å². The molecule has 0 fully saturated rings. The second-order valence-electron chi connectivity index (χ2n) is 10.3. The topological polar surface area (TPSA) is 131 Å². The summed E-state index contributed by atoms with van der Waals surface area (Å²) in [4.78, 5) is 44.6. The molecule has 30 heavy (non-hydrogen) atoms. The molecule has 0 saturated carbocycles. The molecule has 0 aliphatic heterocycles. The van der Waals surface area contributed by atoms with Gasteiger partial charge < -0.3 is 25.2 Å². The van der Waals surface area contributed by atoms with Crippen LogP contribution in [0.2, 0.25) is 0 Å². The largest absolute Gasteiger partial charge is 0.480 e. The normalized spacial score (nSPS) is 13.7. The Kier molecular flexibility index (Phi) is 11.7. The molecule has 2 atom stereocenters. The predicted molar refractivity (Wildman–Crippen MR) is 114 cm³/mol. The molecular weight excluding hydrogens is 392 g/mol. The summed E-state index contributed by atoms with van der Waals surface area (Å²) in [5.74, 6) is -1.07. The average Bonchev–Trinajstić information content (AvgIpc) is 2.41.